The van der Waals surface area contributed by atoms with Gasteiger partial charge in [0.2, 0.25) is 0 Å². The molecule has 12 rings (SSSR count). The van der Waals surface area contributed by atoms with Crippen molar-refractivity contribution in [2.75, 3.05) is 0 Å². The molecule has 0 aliphatic rings. The van der Waals surface area contributed by atoms with Gasteiger partial charge in [-0.2, -0.15) is 0 Å². The lowest BCUT2D eigenvalue weighted by molar-refractivity contribution is 1.16. The number of hydrogen-bond acceptors (Lipinski definition) is 2. The molecule has 0 bridgehead atoms. The van der Waals surface area contributed by atoms with Gasteiger partial charge in [-0.3, -0.25) is 0 Å². The summed E-state index contributed by atoms with van der Waals surface area (Å²) < 4.78 is 4.87. The van der Waals surface area contributed by atoms with Gasteiger partial charge in [-0.25, -0.2) is 9.97 Å². The first-order valence-electron chi connectivity index (χ1n) is 20.4. The summed E-state index contributed by atoms with van der Waals surface area (Å²) in [6.07, 6.45) is 0. The van der Waals surface area contributed by atoms with E-state index in [1.165, 1.54) is 38.1 Å². The van der Waals surface area contributed by atoms with Crippen LogP contribution in [0.3, 0.4) is 0 Å². The Labute approximate surface area is 346 Å². The molecule has 0 fully saturated rings. The zero-order chi connectivity index (χ0) is 39.6. The third-order valence-corrected chi connectivity index (χ3v) is 11.9. The average molecular weight is 765 g/mol. The molecule has 9 aromatic carbocycles. The molecule has 12 aromatic rings. The molecule has 0 aliphatic carbocycles. The Morgan fingerprint density at radius 3 is 1.67 bits per heavy atom. The van der Waals surface area contributed by atoms with Gasteiger partial charge in [-0.05, 0) is 76.5 Å². The van der Waals surface area contributed by atoms with Gasteiger partial charge < -0.3 is 9.13 Å². The van der Waals surface area contributed by atoms with Crippen LogP contribution in [0.4, 0.5) is 0 Å². The molecule has 0 N–H and O–H groups in total. The Kier molecular flexibility index (Phi) is 7.82. The fourth-order valence-corrected chi connectivity index (χ4v) is 9.20. The maximum Gasteiger partial charge on any atom is 0.161 e. The second kappa shape index (κ2) is 13.8. The lowest BCUT2D eigenvalue weighted by Gasteiger charge is -2.15. The van der Waals surface area contributed by atoms with Crippen molar-refractivity contribution in [3.8, 4) is 56.4 Å². The molecule has 280 valence electrons. The molecule has 0 spiro atoms. The van der Waals surface area contributed by atoms with Gasteiger partial charge in [-0.1, -0.05) is 164 Å². The highest BCUT2D eigenvalue weighted by atomic mass is 15.0. The topological polar surface area (TPSA) is 35.6 Å². The summed E-state index contributed by atoms with van der Waals surface area (Å²) in [7, 11) is 0. The number of aromatic nitrogens is 4. The van der Waals surface area contributed by atoms with E-state index in [2.05, 4.69) is 221 Å². The highest BCUT2D eigenvalue weighted by Gasteiger charge is 2.22. The van der Waals surface area contributed by atoms with E-state index in [9.17, 15) is 0 Å². The van der Waals surface area contributed by atoms with Crippen LogP contribution >= 0.6 is 0 Å². The summed E-state index contributed by atoms with van der Waals surface area (Å²) in [4.78, 5) is 10.8. The van der Waals surface area contributed by atoms with Crippen LogP contribution in [0.5, 0.6) is 0 Å². The molecule has 0 amide bonds. The maximum atomic E-state index is 5.42. The van der Waals surface area contributed by atoms with Gasteiger partial charge in [0.15, 0.2) is 5.82 Å². The Balaban J connectivity index is 1.13. The number of rotatable bonds is 6. The molecular weight excluding hydrogens is 729 g/mol. The molecule has 60 heavy (non-hydrogen) atoms. The van der Waals surface area contributed by atoms with Crippen molar-refractivity contribution in [1.29, 1.82) is 0 Å². The maximum absolute atomic E-state index is 5.42. The summed E-state index contributed by atoms with van der Waals surface area (Å²) in [6.45, 7) is 0. The van der Waals surface area contributed by atoms with Gasteiger partial charge in [0.25, 0.3) is 0 Å². The molecule has 3 heterocycles. The van der Waals surface area contributed by atoms with E-state index in [4.69, 9.17) is 9.97 Å². The number of para-hydroxylation sites is 3. The lowest BCUT2D eigenvalue weighted by Crippen LogP contribution is -1.99. The number of fused-ring (bicyclic) bond motifs is 8. The van der Waals surface area contributed by atoms with Crippen LogP contribution in [0.15, 0.2) is 218 Å². The second-order valence-electron chi connectivity index (χ2n) is 15.4. The monoisotopic (exact) mass is 764 g/mol. The van der Waals surface area contributed by atoms with Gasteiger partial charge in [-0.15, -0.1) is 0 Å². The Morgan fingerprint density at radius 1 is 0.317 bits per heavy atom. The van der Waals surface area contributed by atoms with Gasteiger partial charge in [0.1, 0.15) is 0 Å². The molecule has 0 unspecified atom stereocenters. The first kappa shape index (κ1) is 34.0. The summed E-state index contributed by atoms with van der Waals surface area (Å²) in [5.74, 6) is 0.682. The fraction of sp³-hybridized carbons (Fsp3) is 0. The van der Waals surface area contributed by atoms with Crippen molar-refractivity contribution in [3.63, 3.8) is 0 Å². The molecular formula is C56H36N4. The van der Waals surface area contributed by atoms with Crippen molar-refractivity contribution < 1.29 is 0 Å². The molecule has 0 radical (unpaired) electrons. The molecule has 3 aromatic heterocycles. The smallest absolute Gasteiger partial charge is 0.161 e. The third kappa shape index (κ3) is 5.46. The molecule has 0 saturated carbocycles. The van der Waals surface area contributed by atoms with Gasteiger partial charge in [0, 0.05) is 49.6 Å². The van der Waals surface area contributed by atoms with Crippen molar-refractivity contribution in [2.24, 2.45) is 0 Å². The standard InChI is InChI=1S/C56H36N4/c1-4-17-37(18-5-1)39-22-16-23-41(33-39)50-36-49(38-19-6-2-7-20-38)57-56(58-50)48-35-43(34-40-21-10-11-26-44(40)48)59-52-30-15-13-28-47(52)54-53(59)32-31-46-45-27-12-14-29-51(45)60(55(46)54)42-24-8-3-9-25-42/h1-36H. The van der Waals surface area contributed by atoms with Crippen LogP contribution in [-0.2, 0) is 0 Å². The SMILES string of the molecule is c1ccc(-c2cccc(-c3cc(-c4ccccc4)nc(-c4cc(-n5c6ccccc6c6c5ccc5c7ccccc7n(-c7ccccc7)c56)cc5ccccc45)n3)c2)cc1. The van der Waals surface area contributed by atoms with Crippen molar-refractivity contribution in [2.45, 2.75) is 0 Å². The van der Waals surface area contributed by atoms with E-state index in [1.54, 1.807) is 0 Å². The molecule has 0 saturated heterocycles. The summed E-state index contributed by atoms with van der Waals surface area (Å²) in [5.41, 5.74) is 14.0. The predicted molar refractivity (Wildman–Crippen MR) is 250 cm³/mol. The quantitative estimate of drug-likeness (QED) is 0.169. The summed E-state index contributed by atoms with van der Waals surface area (Å²) >= 11 is 0. The minimum Gasteiger partial charge on any atom is -0.309 e. The van der Waals surface area contributed by atoms with Crippen LogP contribution in [0.1, 0.15) is 0 Å². The minimum atomic E-state index is 0.682. The van der Waals surface area contributed by atoms with Gasteiger partial charge >= 0.3 is 0 Å². The lowest BCUT2D eigenvalue weighted by atomic mass is 9.99. The van der Waals surface area contributed by atoms with Crippen LogP contribution < -0.4 is 0 Å². The third-order valence-electron chi connectivity index (χ3n) is 11.9. The number of hydrogen-bond donors (Lipinski definition) is 0. The highest BCUT2D eigenvalue weighted by Crippen LogP contribution is 2.43. The molecule has 4 nitrogen and oxygen atoms in total. The fourth-order valence-electron chi connectivity index (χ4n) is 9.20. The highest BCUT2D eigenvalue weighted by molar-refractivity contribution is 6.26. The minimum absolute atomic E-state index is 0.682. The Morgan fingerprint density at radius 2 is 0.900 bits per heavy atom. The number of nitrogens with zero attached hydrogens (tertiary/aromatic N) is 4. The van der Waals surface area contributed by atoms with E-state index in [-0.39, 0.29) is 0 Å². The molecule has 4 heteroatoms. The predicted octanol–water partition coefficient (Wildman–Crippen LogP) is 14.5. The van der Waals surface area contributed by atoms with Crippen LogP contribution in [0.2, 0.25) is 0 Å². The van der Waals surface area contributed by atoms with E-state index in [0.717, 1.165) is 66.8 Å². The van der Waals surface area contributed by atoms with E-state index in [0.29, 0.717) is 5.82 Å². The van der Waals surface area contributed by atoms with E-state index >= 15 is 0 Å². The van der Waals surface area contributed by atoms with Crippen molar-refractivity contribution in [1.82, 2.24) is 19.1 Å². The van der Waals surface area contributed by atoms with Crippen LogP contribution in [0, 0.1) is 0 Å². The van der Waals surface area contributed by atoms with Crippen molar-refractivity contribution >= 4 is 54.4 Å². The zero-order valence-corrected chi connectivity index (χ0v) is 32.6. The second-order valence-corrected chi connectivity index (χ2v) is 15.4. The van der Waals surface area contributed by atoms with E-state index < -0.39 is 0 Å². The van der Waals surface area contributed by atoms with E-state index in [1.807, 2.05) is 6.07 Å². The normalized spacial score (nSPS) is 11.7. The largest absolute Gasteiger partial charge is 0.309 e. The summed E-state index contributed by atoms with van der Waals surface area (Å²) in [6, 6.07) is 77.9. The van der Waals surface area contributed by atoms with Crippen LogP contribution in [-0.4, -0.2) is 19.1 Å². The van der Waals surface area contributed by atoms with Crippen molar-refractivity contribution in [3.05, 3.63) is 218 Å². The first-order chi connectivity index (χ1) is 29.8. The van der Waals surface area contributed by atoms with Gasteiger partial charge in [0.05, 0.1) is 33.5 Å². The Bertz CT molecular complexity index is 3580. The average Bonchev–Trinajstić information content (AvgIpc) is 3.85. The summed E-state index contributed by atoms with van der Waals surface area (Å²) in [5, 5.41) is 7.12. The first-order valence-corrected chi connectivity index (χ1v) is 20.4. The van der Waals surface area contributed by atoms with Crippen LogP contribution in [0.25, 0.3) is 111 Å². The molecule has 0 aliphatic heterocycles. The zero-order valence-electron chi connectivity index (χ0n) is 32.6. The Hall–Kier alpha value is -8.08. The number of benzene rings is 9. The molecule has 0 atom stereocenters.